The molecule has 140 valence electrons. The molecule has 2 N–H and O–H groups in total. The maximum atomic E-state index is 12.5. The molecule has 0 fully saturated rings. The van der Waals surface area contributed by atoms with Gasteiger partial charge in [0, 0.05) is 15.7 Å². The van der Waals surface area contributed by atoms with E-state index in [0.717, 1.165) is 26.4 Å². The first-order valence-corrected chi connectivity index (χ1v) is 9.42. The van der Waals surface area contributed by atoms with Crippen molar-refractivity contribution in [3.63, 3.8) is 0 Å². The molecule has 6 heteroatoms. The van der Waals surface area contributed by atoms with Crippen molar-refractivity contribution >= 4 is 27.5 Å². The summed E-state index contributed by atoms with van der Waals surface area (Å²) in [6.45, 7) is 5.16. The van der Waals surface area contributed by atoms with Gasteiger partial charge in [-0.3, -0.25) is 4.79 Å². The summed E-state index contributed by atoms with van der Waals surface area (Å²) >= 11 is 3.39. The minimum Gasteiger partial charge on any atom is -0.493 e. The van der Waals surface area contributed by atoms with Crippen LogP contribution in [0.4, 0.5) is 5.69 Å². The predicted molar refractivity (Wildman–Crippen MR) is 107 cm³/mol. The van der Waals surface area contributed by atoms with Crippen LogP contribution in [0.1, 0.15) is 19.4 Å². The Hall–Kier alpha value is -2.05. The number of carbonyl (C=O) groups is 1. The molecule has 0 aromatic heterocycles. The van der Waals surface area contributed by atoms with Crippen molar-refractivity contribution in [2.24, 2.45) is 0 Å². The SMILES string of the molecule is CCOc1ccc(C[NH+](C)[C@@H](C)C(=O)Nc2ccc(Br)cc2)cc1OC. The summed E-state index contributed by atoms with van der Waals surface area (Å²) in [7, 11) is 3.64. The number of hydrogen-bond acceptors (Lipinski definition) is 3. The first kappa shape index (κ1) is 20.3. The number of rotatable bonds is 8. The van der Waals surface area contributed by atoms with E-state index in [1.165, 1.54) is 0 Å². The zero-order chi connectivity index (χ0) is 19.1. The Balaban J connectivity index is 2.00. The third-order valence-electron chi connectivity index (χ3n) is 4.26. The molecule has 0 saturated carbocycles. The molecule has 2 atom stereocenters. The van der Waals surface area contributed by atoms with Crippen LogP contribution in [0.25, 0.3) is 0 Å². The third kappa shape index (κ3) is 5.47. The fourth-order valence-corrected chi connectivity index (χ4v) is 2.84. The summed E-state index contributed by atoms with van der Waals surface area (Å²) in [6.07, 6.45) is 0. The van der Waals surface area contributed by atoms with E-state index in [9.17, 15) is 4.79 Å². The minimum atomic E-state index is -0.198. The van der Waals surface area contributed by atoms with Crippen LogP contribution >= 0.6 is 15.9 Å². The van der Waals surface area contributed by atoms with Crippen LogP contribution in [0.15, 0.2) is 46.9 Å². The van der Waals surface area contributed by atoms with E-state index in [-0.39, 0.29) is 11.9 Å². The van der Waals surface area contributed by atoms with E-state index in [1.54, 1.807) is 7.11 Å². The minimum absolute atomic E-state index is 0.0114. The molecular weight excluding hydrogens is 396 g/mol. The summed E-state index contributed by atoms with van der Waals surface area (Å²) in [5, 5.41) is 2.96. The van der Waals surface area contributed by atoms with Gasteiger partial charge in [-0.05, 0) is 56.3 Å². The predicted octanol–water partition coefficient (Wildman–Crippen LogP) is 2.90. The van der Waals surface area contributed by atoms with Crippen LogP contribution in [-0.4, -0.2) is 32.7 Å². The normalized spacial score (nSPS) is 13.0. The summed E-state index contributed by atoms with van der Waals surface area (Å²) in [6, 6.07) is 13.3. The monoisotopic (exact) mass is 421 g/mol. The van der Waals surface area contributed by atoms with E-state index in [4.69, 9.17) is 9.47 Å². The lowest BCUT2D eigenvalue weighted by Gasteiger charge is -2.21. The molecular formula is C20H26BrN2O3+. The summed E-state index contributed by atoms with van der Waals surface area (Å²) in [4.78, 5) is 13.6. The number of halogens is 1. The van der Waals surface area contributed by atoms with E-state index in [1.807, 2.05) is 63.4 Å². The Morgan fingerprint density at radius 3 is 2.50 bits per heavy atom. The van der Waals surface area contributed by atoms with E-state index < -0.39 is 0 Å². The van der Waals surface area contributed by atoms with Gasteiger partial charge in [-0.1, -0.05) is 15.9 Å². The van der Waals surface area contributed by atoms with Crippen molar-refractivity contribution in [2.75, 3.05) is 26.1 Å². The zero-order valence-corrected chi connectivity index (χ0v) is 17.2. The topological polar surface area (TPSA) is 52.0 Å². The number of benzene rings is 2. The van der Waals surface area contributed by atoms with Crippen LogP contribution < -0.4 is 19.7 Å². The van der Waals surface area contributed by atoms with Gasteiger partial charge in [-0.25, -0.2) is 0 Å². The van der Waals surface area contributed by atoms with Crippen molar-refractivity contribution in [2.45, 2.75) is 26.4 Å². The zero-order valence-electron chi connectivity index (χ0n) is 15.6. The van der Waals surface area contributed by atoms with Crippen molar-refractivity contribution in [1.82, 2.24) is 0 Å². The van der Waals surface area contributed by atoms with Gasteiger partial charge in [0.05, 0.1) is 20.8 Å². The Kier molecular flexibility index (Phi) is 7.48. The Morgan fingerprint density at radius 2 is 1.88 bits per heavy atom. The molecule has 0 aliphatic rings. The molecule has 0 heterocycles. The van der Waals surface area contributed by atoms with E-state index in [0.29, 0.717) is 18.9 Å². The number of carbonyl (C=O) groups excluding carboxylic acids is 1. The highest BCUT2D eigenvalue weighted by Gasteiger charge is 2.22. The molecule has 2 aromatic rings. The first-order valence-electron chi connectivity index (χ1n) is 8.63. The van der Waals surface area contributed by atoms with Crippen molar-refractivity contribution in [1.29, 1.82) is 0 Å². The van der Waals surface area contributed by atoms with Gasteiger partial charge in [-0.2, -0.15) is 0 Å². The lowest BCUT2D eigenvalue weighted by molar-refractivity contribution is -0.907. The van der Waals surface area contributed by atoms with Crippen molar-refractivity contribution in [3.8, 4) is 11.5 Å². The molecule has 0 radical (unpaired) electrons. The van der Waals surface area contributed by atoms with Crippen LogP contribution in [0.5, 0.6) is 11.5 Å². The Labute approximate surface area is 163 Å². The first-order chi connectivity index (χ1) is 12.4. The molecule has 0 bridgehead atoms. The number of likely N-dealkylation sites (N-methyl/N-ethyl adjacent to an activating group) is 1. The number of ether oxygens (including phenoxy) is 2. The Bertz CT molecular complexity index is 734. The molecule has 1 amide bonds. The fraction of sp³-hybridized carbons (Fsp3) is 0.350. The molecule has 0 aliphatic carbocycles. The number of nitrogens with one attached hydrogen (secondary N) is 2. The number of anilines is 1. The Morgan fingerprint density at radius 1 is 1.19 bits per heavy atom. The second-order valence-electron chi connectivity index (χ2n) is 6.16. The molecule has 0 aliphatic heterocycles. The largest absolute Gasteiger partial charge is 0.493 e. The second-order valence-corrected chi connectivity index (χ2v) is 7.07. The third-order valence-corrected chi connectivity index (χ3v) is 4.78. The molecule has 1 unspecified atom stereocenters. The lowest BCUT2D eigenvalue weighted by Crippen LogP contribution is -3.12. The standard InChI is InChI=1S/C20H25BrN2O3/c1-5-26-18-11-6-15(12-19(18)25-4)13-23(3)14(2)20(24)22-17-9-7-16(21)8-10-17/h6-12,14H,5,13H2,1-4H3,(H,22,24)/p+1/t14-/m0/s1. The number of methoxy groups -OCH3 is 1. The van der Waals surface area contributed by atoms with Gasteiger partial charge in [0.2, 0.25) is 0 Å². The quantitative estimate of drug-likeness (QED) is 0.688. The van der Waals surface area contributed by atoms with Crippen LogP contribution in [0.3, 0.4) is 0 Å². The van der Waals surface area contributed by atoms with Crippen LogP contribution in [0.2, 0.25) is 0 Å². The molecule has 2 rings (SSSR count). The van der Waals surface area contributed by atoms with Gasteiger partial charge in [0.25, 0.3) is 5.91 Å². The van der Waals surface area contributed by atoms with Gasteiger partial charge in [0.15, 0.2) is 17.5 Å². The highest BCUT2D eigenvalue weighted by Crippen LogP contribution is 2.27. The van der Waals surface area contributed by atoms with E-state index >= 15 is 0 Å². The van der Waals surface area contributed by atoms with Gasteiger partial charge in [-0.15, -0.1) is 0 Å². The average Bonchev–Trinajstić information content (AvgIpc) is 2.64. The van der Waals surface area contributed by atoms with Gasteiger partial charge >= 0.3 is 0 Å². The molecule has 2 aromatic carbocycles. The van der Waals surface area contributed by atoms with Crippen LogP contribution in [0, 0.1) is 0 Å². The highest BCUT2D eigenvalue weighted by atomic mass is 79.9. The van der Waals surface area contributed by atoms with Gasteiger partial charge in [0.1, 0.15) is 6.54 Å². The van der Waals surface area contributed by atoms with Crippen molar-refractivity contribution < 1.29 is 19.2 Å². The summed E-state index contributed by atoms with van der Waals surface area (Å²) in [5.74, 6) is 1.43. The second kappa shape index (κ2) is 9.59. The number of amides is 1. The smallest absolute Gasteiger partial charge is 0.282 e. The lowest BCUT2D eigenvalue weighted by atomic mass is 10.1. The maximum Gasteiger partial charge on any atom is 0.282 e. The highest BCUT2D eigenvalue weighted by molar-refractivity contribution is 9.10. The molecule has 0 saturated heterocycles. The molecule has 0 spiro atoms. The van der Waals surface area contributed by atoms with Crippen LogP contribution in [-0.2, 0) is 11.3 Å². The molecule has 26 heavy (non-hydrogen) atoms. The molecule has 5 nitrogen and oxygen atoms in total. The fourth-order valence-electron chi connectivity index (χ4n) is 2.58. The van der Waals surface area contributed by atoms with Crippen molar-refractivity contribution in [3.05, 3.63) is 52.5 Å². The van der Waals surface area contributed by atoms with E-state index in [2.05, 4.69) is 21.2 Å². The number of quaternary nitrogens is 1. The number of hydrogen-bond donors (Lipinski definition) is 2. The van der Waals surface area contributed by atoms with Gasteiger partial charge < -0.3 is 19.7 Å². The summed E-state index contributed by atoms with van der Waals surface area (Å²) < 4.78 is 11.9. The summed E-state index contributed by atoms with van der Waals surface area (Å²) in [5.41, 5.74) is 1.88. The average molecular weight is 422 g/mol. The maximum absolute atomic E-state index is 12.5.